The third-order valence-corrected chi connectivity index (χ3v) is 2.28. The van der Waals surface area contributed by atoms with E-state index in [0.29, 0.717) is 13.1 Å². The molecule has 76 valence electrons. The minimum Gasteiger partial charge on any atom is -0.327 e. The number of amides is 1. The van der Waals surface area contributed by atoms with Crippen molar-refractivity contribution in [2.24, 2.45) is 5.41 Å². The average Bonchev–Trinajstić information content (AvgIpc) is 2.24. The standard InChI is InChI=1S/C9H18N2O2/c1-9(2)5-8(12)11(6-9)7-10(3)13-4/h5-7H2,1-4H3. The number of rotatable bonds is 3. The van der Waals surface area contributed by atoms with E-state index in [0.717, 1.165) is 6.54 Å². The summed E-state index contributed by atoms with van der Waals surface area (Å²) in [6.07, 6.45) is 0.643. The lowest BCUT2D eigenvalue weighted by Crippen LogP contribution is -2.36. The zero-order valence-corrected chi connectivity index (χ0v) is 8.83. The van der Waals surface area contributed by atoms with Crippen LogP contribution in [-0.2, 0) is 9.63 Å². The van der Waals surface area contributed by atoms with E-state index < -0.39 is 0 Å². The Kier molecular flexibility index (Phi) is 2.93. The van der Waals surface area contributed by atoms with Gasteiger partial charge in [0.05, 0.1) is 13.8 Å². The van der Waals surface area contributed by atoms with Crippen LogP contribution in [0.5, 0.6) is 0 Å². The largest absolute Gasteiger partial charge is 0.327 e. The fraction of sp³-hybridized carbons (Fsp3) is 0.889. The van der Waals surface area contributed by atoms with Crippen LogP contribution in [0.1, 0.15) is 20.3 Å². The lowest BCUT2D eigenvalue weighted by Gasteiger charge is -2.23. The van der Waals surface area contributed by atoms with Crippen molar-refractivity contribution in [3.63, 3.8) is 0 Å². The molecule has 1 saturated heterocycles. The molecule has 0 radical (unpaired) electrons. The number of nitrogens with zero attached hydrogens (tertiary/aromatic N) is 2. The first kappa shape index (κ1) is 10.5. The molecule has 0 aromatic heterocycles. The maximum Gasteiger partial charge on any atom is 0.224 e. The Bertz CT molecular complexity index is 204. The van der Waals surface area contributed by atoms with Crippen molar-refractivity contribution in [1.29, 1.82) is 0 Å². The Morgan fingerprint density at radius 1 is 1.62 bits per heavy atom. The van der Waals surface area contributed by atoms with Gasteiger partial charge in [0.2, 0.25) is 5.91 Å². The minimum atomic E-state index is 0.117. The molecule has 1 aliphatic rings. The second-order valence-electron chi connectivity index (χ2n) is 4.38. The van der Waals surface area contributed by atoms with Gasteiger partial charge in [0.1, 0.15) is 0 Å². The average molecular weight is 186 g/mol. The molecule has 13 heavy (non-hydrogen) atoms. The Labute approximate surface area is 79.4 Å². The van der Waals surface area contributed by atoms with Crippen LogP contribution in [0, 0.1) is 5.41 Å². The Balaban J connectivity index is 2.49. The van der Waals surface area contributed by atoms with Crippen LogP contribution in [0.4, 0.5) is 0 Å². The predicted molar refractivity (Wildman–Crippen MR) is 49.8 cm³/mol. The van der Waals surface area contributed by atoms with Gasteiger partial charge in [-0.3, -0.25) is 4.79 Å². The highest BCUT2D eigenvalue weighted by Gasteiger charge is 2.35. The number of hydrogen-bond donors (Lipinski definition) is 0. The first-order valence-corrected chi connectivity index (χ1v) is 4.48. The van der Waals surface area contributed by atoms with Crippen LogP contribution < -0.4 is 0 Å². The Hall–Kier alpha value is -0.610. The third-order valence-electron chi connectivity index (χ3n) is 2.28. The summed E-state index contributed by atoms with van der Waals surface area (Å²) in [5.74, 6) is 0.217. The molecular weight excluding hydrogens is 168 g/mol. The molecule has 0 aromatic carbocycles. The Morgan fingerprint density at radius 2 is 2.23 bits per heavy atom. The van der Waals surface area contributed by atoms with E-state index in [2.05, 4.69) is 13.8 Å². The molecule has 0 aliphatic carbocycles. The van der Waals surface area contributed by atoms with Crippen molar-refractivity contribution in [2.45, 2.75) is 20.3 Å². The van der Waals surface area contributed by atoms with Crippen molar-refractivity contribution in [3.05, 3.63) is 0 Å². The second-order valence-corrected chi connectivity index (χ2v) is 4.38. The normalized spacial score (nSPS) is 21.6. The van der Waals surface area contributed by atoms with Crippen molar-refractivity contribution in [2.75, 3.05) is 27.4 Å². The number of hydrogen-bond acceptors (Lipinski definition) is 3. The van der Waals surface area contributed by atoms with E-state index in [1.165, 1.54) is 0 Å². The van der Waals surface area contributed by atoms with E-state index in [-0.39, 0.29) is 11.3 Å². The zero-order valence-electron chi connectivity index (χ0n) is 8.83. The monoisotopic (exact) mass is 186 g/mol. The molecule has 1 fully saturated rings. The molecule has 4 nitrogen and oxygen atoms in total. The quantitative estimate of drug-likeness (QED) is 0.608. The number of carbonyl (C=O) groups is 1. The highest BCUT2D eigenvalue weighted by atomic mass is 16.7. The maximum absolute atomic E-state index is 11.5. The van der Waals surface area contributed by atoms with E-state index in [1.807, 2.05) is 11.9 Å². The van der Waals surface area contributed by atoms with E-state index in [4.69, 9.17) is 4.84 Å². The molecule has 0 bridgehead atoms. The molecule has 0 saturated carbocycles. The molecule has 0 atom stereocenters. The SMILES string of the molecule is CON(C)CN1CC(C)(C)CC1=O. The van der Waals surface area contributed by atoms with E-state index >= 15 is 0 Å². The summed E-state index contributed by atoms with van der Waals surface area (Å²) in [6, 6.07) is 0. The van der Waals surface area contributed by atoms with Gasteiger partial charge in [-0.05, 0) is 5.41 Å². The summed E-state index contributed by atoms with van der Waals surface area (Å²) in [5, 5.41) is 1.65. The molecule has 1 heterocycles. The molecule has 1 rings (SSSR count). The maximum atomic E-state index is 11.5. The van der Waals surface area contributed by atoms with Crippen molar-refractivity contribution < 1.29 is 9.63 Å². The lowest BCUT2D eigenvalue weighted by molar-refractivity contribution is -0.153. The van der Waals surface area contributed by atoms with Gasteiger partial charge in [0, 0.05) is 20.0 Å². The molecule has 1 amide bonds. The molecular formula is C9H18N2O2. The number of hydroxylamine groups is 2. The molecule has 0 N–H and O–H groups in total. The van der Waals surface area contributed by atoms with Crippen LogP contribution in [0.15, 0.2) is 0 Å². The van der Waals surface area contributed by atoms with Crippen molar-refractivity contribution >= 4 is 5.91 Å². The van der Waals surface area contributed by atoms with Gasteiger partial charge in [0.15, 0.2) is 0 Å². The molecule has 1 aliphatic heterocycles. The van der Waals surface area contributed by atoms with Gasteiger partial charge < -0.3 is 9.74 Å². The third kappa shape index (κ3) is 2.67. The summed E-state index contributed by atoms with van der Waals surface area (Å²) in [6.45, 7) is 5.59. The summed E-state index contributed by atoms with van der Waals surface area (Å²) in [4.78, 5) is 18.3. The van der Waals surface area contributed by atoms with Gasteiger partial charge >= 0.3 is 0 Å². The summed E-state index contributed by atoms with van der Waals surface area (Å²) < 4.78 is 0. The van der Waals surface area contributed by atoms with E-state index in [9.17, 15) is 4.79 Å². The van der Waals surface area contributed by atoms with Crippen molar-refractivity contribution in [3.8, 4) is 0 Å². The van der Waals surface area contributed by atoms with Crippen LogP contribution in [0.2, 0.25) is 0 Å². The van der Waals surface area contributed by atoms with Gasteiger partial charge in [-0.25, -0.2) is 0 Å². The van der Waals surface area contributed by atoms with Gasteiger partial charge in [-0.2, -0.15) is 5.06 Å². The van der Waals surface area contributed by atoms with Crippen LogP contribution >= 0.6 is 0 Å². The van der Waals surface area contributed by atoms with Gasteiger partial charge in [0.25, 0.3) is 0 Å². The van der Waals surface area contributed by atoms with E-state index in [1.54, 1.807) is 12.2 Å². The number of carbonyl (C=O) groups excluding carboxylic acids is 1. The predicted octanol–water partition coefficient (Wildman–Crippen LogP) is 0.696. The van der Waals surface area contributed by atoms with Gasteiger partial charge in [-0.15, -0.1) is 0 Å². The summed E-state index contributed by atoms with van der Waals surface area (Å²) in [7, 11) is 3.42. The van der Waals surface area contributed by atoms with Crippen LogP contribution in [0.25, 0.3) is 0 Å². The molecule has 0 unspecified atom stereocenters. The Morgan fingerprint density at radius 3 is 2.62 bits per heavy atom. The fourth-order valence-corrected chi connectivity index (χ4v) is 1.61. The highest BCUT2D eigenvalue weighted by Crippen LogP contribution is 2.29. The first-order chi connectivity index (χ1) is 5.94. The second kappa shape index (κ2) is 3.64. The zero-order chi connectivity index (χ0) is 10.1. The molecule has 4 heteroatoms. The van der Waals surface area contributed by atoms with Crippen LogP contribution in [-0.4, -0.2) is 43.2 Å². The lowest BCUT2D eigenvalue weighted by atomic mass is 9.93. The van der Waals surface area contributed by atoms with Crippen LogP contribution in [0.3, 0.4) is 0 Å². The molecule has 0 aromatic rings. The first-order valence-electron chi connectivity index (χ1n) is 4.48. The minimum absolute atomic E-state index is 0.117. The topological polar surface area (TPSA) is 32.8 Å². The fourth-order valence-electron chi connectivity index (χ4n) is 1.61. The summed E-state index contributed by atoms with van der Waals surface area (Å²) in [5.41, 5.74) is 0.117. The summed E-state index contributed by atoms with van der Waals surface area (Å²) >= 11 is 0. The highest BCUT2D eigenvalue weighted by molar-refractivity contribution is 5.79. The molecule has 0 spiro atoms. The van der Waals surface area contributed by atoms with Gasteiger partial charge in [-0.1, -0.05) is 13.8 Å². The van der Waals surface area contributed by atoms with Crippen molar-refractivity contribution in [1.82, 2.24) is 9.96 Å². The smallest absolute Gasteiger partial charge is 0.224 e. The number of likely N-dealkylation sites (tertiary alicyclic amines) is 1.